The van der Waals surface area contributed by atoms with E-state index in [0.29, 0.717) is 13.0 Å². The van der Waals surface area contributed by atoms with E-state index in [4.69, 9.17) is 18.9 Å². The molecule has 1 aliphatic rings. The fourth-order valence-electron chi connectivity index (χ4n) is 7.46. The summed E-state index contributed by atoms with van der Waals surface area (Å²) in [4.78, 5) is 12.9. The molecule has 13 heteroatoms. The predicted molar refractivity (Wildman–Crippen MR) is 248 cm³/mol. The molecule has 1 saturated heterocycles. The molecule has 364 valence electrons. The zero-order valence-corrected chi connectivity index (χ0v) is 39.7. The minimum absolute atomic E-state index is 0.0295. The summed E-state index contributed by atoms with van der Waals surface area (Å²) in [6, 6.07) is 0. The van der Waals surface area contributed by atoms with E-state index in [0.717, 1.165) is 57.8 Å². The van der Waals surface area contributed by atoms with E-state index in [1.807, 2.05) is 0 Å². The predicted octanol–water partition coefficient (Wildman–Crippen LogP) is 11.0. The standard InChI is InChI=1S/C49H90O12S/c1-3-5-7-9-11-13-15-17-19-21-22-24-26-28-30-32-34-36-38-45(51)59-43(42-58-49-47(53)48(61-62(54,55)56)46(52)44(40-50)60-49)41-57-39-37-35-33-31-29-27-25-23-20-18-16-14-12-10-8-6-4-2/h13,15,19-21,23,43-44,46-50,52-53H,3-12,14,16-18,22,24-42H2,1-2H3,(H,54,55,56)/b15-13-,21-19-,23-20-. The lowest BCUT2D eigenvalue weighted by Gasteiger charge is -2.41. The minimum Gasteiger partial charge on any atom is -0.457 e. The van der Waals surface area contributed by atoms with E-state index >= 15 is 0 Å². The van der Waals surface area contributed by atoms with Crippen LogP contribution in [-0.2, 0) is 38.3 Å². The molecule has 0 aromatic heterocycles. The number of carbonyl (C=O) groups is 1. The topological polar surface area (TPSA) is 178 Å². The van der Waals surface area contributed by atoms with Crippen molar-refractivity contribution in [3.63, 3.8) is 0 Å². The second kappa shape index (κ2) is 40.8. The summed E-state index contributed by atoms with van der Waals surface area (Å²) in [6.45, 7) is 3.96. The molecular weight excluding hydrogens is 813 g/mol. The maximum absolute atomic E-state index is 12.9. The minimum atomic E-state index is -5.06. The first-order valence-corrected chi connectivity index (χ1v) is 26.1. The van der Waals surface area contributed by atoms with Gasteiger partial charge in [-0.2, -0.15) is 8.42 Å². The molecular formula is C49H90O12S. The molecule has 62 heavy (non-hydrogen) atoms. The summed E-state index contributed by atoms with van der Waals surface area (Å²) >= 11 is 0. The number of unbranched alkanes of at least 4 members (excludes halogenated alkanes) is 24. The number of hydrogen-bond acceptors (Lipinski definition) is 11. The van der Waals surface area contributed by atoms with Gasteiger partial charge in [0, 0.05) is 13.0 Å². The maximum atomic E-state index is 12.9. The molecule has 0 aromatic carbocycles. The van der Waals surface area contributed by atoms with Gasteiger partial charge in [-0.05, 0) is 70.6 Å². The third-order valence-electron chi connectivity index (χ3n) is 11.2. The molecule has 6 unspecified atom stereocenters. The van der Waals surface area contributed by atoms with Crippen molar-refractivity contribution < 1.29 is 56.2 Å². The Morgan fingerprint density at radius 2 is 1.06 bits per heavy atom. The van der Waals surface area contributed by atoms with Gasteiger partial charge in [-0.3, -0.25) is 9.35 Å². The first-order valence-electron chi connectivity index (χ1n) is 24.7. The highest BCUT2D eigenvalue weighted by atomic mass is 32.3. The van der Waals surface area contributed by atoms with Crippen LogP contribution in [0.1, 0.15) is 206 Å². The SMILES string of the molecule is CCCCCC/C=C\C/C=C\CCCCCCCCCC(=O)OC(COCCCCCCCC/C=C\CCCCCCCCC)COC1OC(CO)C(O)C(OS(=O)(=O)O)C1O. The van der Waals surface area contributed by atoms with E-state index in [1.165, 1.54) is 122 Å². The Bertz CT molecular complexity index is 1230. The molecule has 4 N–H and O–H groups in total. The van der Waals surface area contributed by atoms with Crippen LogP contribution in [0.4, 0.5) is 0 Å². The van der Waals surface area contributed by atoms with Crippen LogP contribution in [0.2, 0.25) is 0 Å². The van der Waals surface area contributed by atoms with Crippen molar-refractivity contribution in [3.8, 4) is 0 Å². The number of aliphatic hydroxyl groups is 3. The normalized spacial score (nSPS) is 20.3. The summed E-state index contributed by atoms with van der Waals surface area (Å²) in [6.07, 6.45) is 38.8. The maximum Gasteiger partial charge on any atom is 0.397 e. The fraction of sp³-hybridized carbons (Fsp3) is 0.857. The van der Waals surface area contributed by atoms with E-state index < -0.39 is 59.8 Å². The molecule has 1 fully saturated rings. The van der Waals surface area contributed by atoms with Crippen molar-refractivity contribution in [1.82, 2.24) is 0 Å². The number of rotatable bonds is 43. The lowest BCUT2D eigenvalue weighted by atomic mass is 9.99. The highest BCUT2D eigenvalue weighted by molar-refractivity contribution is 7.80. The first-order chi connectivity index (χ1) is 30.1. The Labute approximate surface area is 377 Å². The highest BCUT2D eigenvalue weighted by Gasteiger charge is 2.48. The van der Waals surface area contributed by atoms with Gasteiger partial charge in [-0.1, -0.05) is 166 Å². The molecule has 0 radical (unpaired) electrons. The number of hydrogen-bond donors (Lipinski definition) is 4. The largest absolute Gasteiger partial charge is 0.457 e. The van der Waals surface area contributed by atoms with Crippen LogP contribution in [0.15, 0.2) is 36.5 Å². The molecule has 0 aromatic rings. The van der Waals surface area contributed by atoms with E-state index in [2.05, 4.69) is 54.5 Å². The molecule has 0 saturated carbocycles. The number of aliphatic hydroxyl groups excluding tert-OH is 3. The smallest absolute Gasteiger partial charge is 0.397 e. The highest BCUT2D eigenvalue weighted by Crippen LogP contribution is 2.26. The van der Waals surface area contributed by atoms with Crippen molar-refractivity contribution >= 4 is 16.4 Å². The summed E-state index contributed by atoms with van der Waals surface area (Å²) in [5, 5.41) is 30.7. The van der Waals surface area contributed by atoms with Crippen LogP contribution < -0.4 is 0 Å². The van der Waals surface area contributed by atoms with E-state index in [1.54, 1.807) is 0 Å². The summed E-state index contributed by atoms with van der Waals surface area (Å²) in [5.41, 5.74) is 0. The molecule has 1 rings (SSSR count). The zero-order chi connectivity index (χ0) is 45.4. The van der Waals surface area contributed by atoms with Crippen molar-refractivity contribution in [1.29, 1.82) is 0 Å². The van der Waals surface area contributed by atoms with Crippen molar-refractivity contribution in [2.45, 2.75) is 243 Å². The van der Waals surface area contributed by atoms with Gasteiger partial charge in [0.15, 0.2) is 6.29 Å². The lowest BCUT2D eigenvalue weighted by molar-refractivity contribution is -0.301. The first kappa shape index (κ1) is 58.3. The van der Waals surface area contributed by atoms with Crippen LogP contribution in [0.3, 0.4) is 0 Å². The van der Waals surface area contributed by atoms with Gasteiger partial charge in [0.2, 0.25) is 0 Å². The van der Waals surface area contributed by atoms with E-state index in [-0.39, 0.29) is 19.6 Å². The Morgan fingerprint density at radius 3 is 1.56 bits per heavy atom. The Kier molecular flexibility index (Phi) is 38.4. The zero-order valence-electron chi connectivity index (χ0n) is 38.9. The Morgan fingerprint density at radius 1 is 0.613 bits per heavy atom. The van der Waals surface area contributed by atoms with Gasteiger partial charge in [0.1, 0.15) is 30.5 Å². The monoisotopic (exact) mass is 903 g/mol. The lowest BCUT2D eigenvalue weighted by Crippen LogP contribution is -2.60. The van der Waals surface area contributed by atoms with Crippen LogP contribution in [-0.4, -0.2) is 97.5 Å². The second-order valence-corrected chi connectivity index (χ2v) is 18.1. The van der Waals surface area contributed by atoms with Gasteiger partial charge in [0.05, 0.1) is 19.8 Å². The number of allylic oxidation sites excluding steroid dienone is 6. The molecule has 0 amide bonds. The van der Waals surface area contributed by atoms with Gasteiger partial charge >= 0.3 is 16.4 Å². The molecule has 1 aliphatic heterocycles. The van der Waals surface area contributed by atoms with Gasteiger partial charge in [-0.15, -0.1) is 0 Å². The van der Waals surface area contributed by atoms with Crippen molar-refractivity contribution in [3.05, 3.63) is 36.5 Å². The molecule has 12 nitrogen and oxygen atoms in total. The molecule has 0 aliphatic carbocycles. The summed E-state index contributed by atoms with van der Waals surface area (Å²) in [7, 11) is -5.06. The molecule has 6 atom stereocenters. The number of esters is 1. The summed E-state index contributed by atoms with van der Waals surface area (Å²) < 4.78 is 59.2. The number of ether oxygens (including phenoxy) is 4. The van der Waals surface area contributed by atoms with Gasteiger partial charge in [0.25, 0.3) is 0 Å². The van der Waals surface area contributed by atoms with Gasteiger partial charge in [-0.25, -0.2) is 4.18 Å². The molecule has 0 bridgehead atoms. The van der Waals surface area contributed by atoms with Crippen LogP contribution in [0.25, 0.3) is 0 Å². The van der Waals surface area contributed by atoms with Gasteiger partial charge < -0.3 is 34.3 Å². The third-order valence-corrected chi connectivity index (χ3v) is 11.7. The van der Waals surface area contributed by atoms with Crippen LogP contribution in [0, 0.1) is 0 Å². The second-order valence-electron chi connectivity index (χ2n) is 17.0. The number of carbonyl (C=O) groups excluding carboxylic acids is 1. The van der Waals surface area contributed by atoms with E-state index in [9.17, 15) is 33.1 Å². The average molecular weight is 903 g/mol. The third kappa shape index (κ3) is 33.8. The Balaban J connectivity index is 2.40. The average Bonchev–Trinajstić information content (AvgIpc) is 3.24. The quantitative estimate of drug-likeness (QED) is 0.0197. The Hall–Kier alpha value is -1.68. The molecule has 0 spiro atoms. The van der Waals surface area contributed by atoms with Crippen molar-refractivity contribution in [2.24, 2.45) is 0 Å². The summed E-state index contributed by atoms with van der Waals surface area (Å²) in [5.74, 6) is -0.408. The van der Waals surface area contributed by atoms with Crippen molar-refractivity contribution in [2.75, 3.05) is 26.4 Å². The van der Waals surface area contributed by atoms with Crippen LogP contribution in [0.5, 0.6) is 0 Å². The molecule has 1 heterocycles. The van der Waals surface area contributed by atoms with Crippen LogP contribution >= 0.6 is 0 Å². The fourth-order valence-corrected chi connectivity index (χ4v) is 7.97.